The third-order valence-electron chi connectivity index (χ3n) is 1.94. The number of nitrogens with zero attached hydrogens (tertiary/aromatic N) is 2. The van der Waals surface area contributed by atoms with Gasteiger partial charge in [-0.25, -0.2) is 4.98 Å². The van der Waals surface area contributed by atoms with Crippen molar-refractivity contribution >= 4 is 11.5 Å². The van der Waals surface area contributed by atoms with Crippen LogP contribution in [0.4, 0.5) is 11.5 Å². The van der Waals surface area contributed by atoms with Gasteiger partial charge in [-0.15, -0.1) is 0 Å². The van der Waals surface area contributed by atoms with Gasteiger partial charge in [0.05, 0.1) is 18.4 Å². The van der Waals surface area contributed by atoms with E-state index in [4.69, 9.17) is 10.3 Å². The fourth-order valence-electron chi connectivity index (χ4n) is 1.20. The van der Waals surface area contributed by atoms with Crippen LogP contribution < -0.4 is 11.1 Å². The lowest BCUT2D eigenvalue weighted by Crippen LogP contribution is -2.00. The number of nitrogens with one attached hydrogen (secondary N) is 1. The molecular weight excluding hydrogens is 192 g/mol. The van der Waals surface area contributed by atoms with E-state index in [1.165, 1.54) is 0 Å². The van der Waals surface area contributed by atoms with Crippen molar-refractivity contribution in [3.8, 4) is 0 Å². The number of nitrogen functional groups attached to an aromatic ring is 1. The van der Waals surface area contributed by atoms with Gasteiger partial charge in [-0.2, -0.15) is 0 Å². The fourth-order valence-corrected chi connectivity index (χ4v) is 1.20. The average Bonchev–Trinajstić information content (AvgIpc) is 2.64. The molecule has 2 rings (SSSR count). The molecule has 0 aliphatic rings. The minimum atomic E-state index is 0.512. The highest BCUT2D eigenvalue weighted by Gasteiger charge is 1.99. The van der Waals surface area contributed by atoms with Crippen molar-refractivity contribution in [3.05, 3.63) is 35.9 Å². The summed E-state index contributed by atoms with van der Waals surface area (Å²) >= 11 is 0. The Balaban J connectivity index is 1.96. The Morgan fingerprint density at radius 3 is 2.93 bits per heavy atom. The average molecular weight is 204 g/mol. The molecule has 0 bridgehead atoms. The van der Waals surface area contributed by atoms with Gasteiger partial charge >= 0.3 is 0 Å². The van der Waals surface area contributed by atoms with Gasteiger partial charge in [-0.1, -0.05) is 5.16 Å². The number of aryl methyl sites for hydroxylation is 1. The Morgan fingerprint density at radius 1 is 1.47 bits per heavy atom. The van der Waals surface area contributed by atoms with E-state index in [1.807, 2.05) is 19.1 Å². The predicted molar refractivity (Wildman–Crippen MR) is 57.2 cm³/mol. The van der Waals surface area contributed by atoms with E-state index >= 15 is 0 Å². The summed E-state index contributed by atoms with van der Waals surface area (Å²) in [6, 6.07) is 5.50. The number of pyridine rings is 1. The van der Waals surface area contributed by atoms with Crippen molar-refractivity contribution in [2.45, 2.75) is 13.5 Å². The second-order valence-electron chi connectivity index (χ2n) is 3.25. The van der Waals surface area contributed by atoms with Gasteiger partial charge < -0.3 is 15.6 Å². The Hall–Kier alpha value is -2.04. The Labute approximate surface area is 87.3 Å². The van der Waals surface area contributed by atoms with Gasteiger partial charge in [0, 0.05) is 6.07 Å². The van der Waals surface area contributed by atoms with Crippen LogP contribution in [0.15, 0.2) is 28.9 Å². The molecule has 0 unspecified atom stereocenters. The molecule has 0 aromatic carbocycles. The predicted octanol–water partition coefficient (Wildman–Crippen LogP) is 1.57. The lowest BCUT2D eigenvalue weighted by atomic mass is 10.3. The molecule has 0 atom stereocenters. The molecule has 0 amide bonds. The van der Waals surface area contributed by atoms with Crippen LogP contribution >= 0.6 is 0 Å². The summed E-state index contributed by atoms with van der Waals surface area (Å²) in [6.45, 7) is 2.48. The molecule has 0 aliphatic heterocycles. The van der Waals surface area contributed by atoms with E-state index in [0.717, 1.165) is 17.1 Å². The van der Waals surface area contributed by atoms with Crippen LogP contribution in [0.5, 0.6) is 0 Å². The molecule has 0 saturated heterocycles. The molecule has 2 heterocycles. The zero-order valence-corrected chi connectivity index (χ0v) is 8.40. The van der Waals surface area contributed by atoms with Crippen LogP contribution in [-0.2, 0) is 6.54 Å². The van der Waals surface area contributed by atoms with Gasteiger partial charge in [-0.05, 0) is 19.1 Å². The number of rotatable bonds is 3. The first-order chi connectivity index (χ1) is 7.24. The van der Waals surface area contributed by atoms with Gasteiger partial charge in [0.1, 0.15) is 17.3 Å². The maximum atomic E-state index is 5.47. The molecule has 0 spiro atoms. The van der Waals surface area contributed by atoms with Crippen molar-refractivity contribution in [1.29, 1.82) is 0 Å². The molecule has 2 aromatic heterocycles. The topological polar surface area (TPSA) is 77.0 Å². The molecule has 3 N–H and O–H groups in total. The summed E-state index contributed by atoms with van der Waals surface area (Å²) in [5, 5.41) is 7.03. The monoisotopic (exact) mass is 204 g/mol. The standard InChI is InChI=1S/C10H12N4O/c1-7-4-9(14-15-7)6-12-8-2-3-10(11)13-5-8/h2-5,12H,6H2,1H3,(H2,11,13). The van der Waals surface area contributed by atoms with Gasteiger partial charge in [0.25, 0.3) is 0 Å². The van der Waals surface area contributed by atoms with E-state index in [0.29, 0.717) is 12.4 Å². The Bertz CT molecular complexity index is 435. The van der Waals surface area contributed by atoms with Crippen molar-refractivity contribution < 1.29 is 4.52 Å². The zero-order valence-electron chi connectivity index (χ0n) is 8.40. The second-order valence-corrected chi connectivity index (χ2v) is 3.25. The molecule has 0 aliphatic carbocycles. The van der Waals surface area contributed by atoms with Crippen LogP contribution in [0.25, 0.3) is 0 Å². The molecule has 5 nitrogen and oxygen atoms in total. The Morgan fingerprint density at radius 2 is 2.33 bits per heavy atom. The van der Waals surface area contributed by atoms with Crippen molar-refractivity contribution in [3.63, 3.8) is 0 Å². The summed E-state index contributed by atoms with van der Waals surface area (Å²) in [5.74, 6) is 1.32. The van der Waals surface area contributed by atoms with E-state index < -0.39 is 0 Å². The molecule has 78 valence electrons. The van der Waals surface area contributed by atoms with Crippen molar-refractivity contribution in [1.82, 2.24) is 10.1 Å². The molecule has 0 radical (unpaired) electrons. The first kappa shape index (κ1) is 9.51. The lowest BCUT2D eigenvalue weighted by molar-refractivity contribution is 0.391. The minimum absolute atomic E-state index is 0.512. The quantitative estimate of drug-likeness (QED) is 0.793. The van der Waals surface area contributed by atoms with E-state index in [9.17, 15) is 0 Å². The molecule has 15 heavy (non-hydrogen) atoms. The maximum absolute atomic E-state index is 5.47. The van der Waals surface area contributed by atoms with Crippen molar-refractivity contribution in [2.24, 2.45) is 0 Å². The third kappa shape index (κ3) is 2.46. The summed E-state index contributed by atoms with van der Waals surface area (Å²) < 4.78 is 4.95. The number of anilines is 2. The van der Waals surface area contributed by atoms with Crippen LogP contribution in [0.1, 0.15) is 11.5 Å². The van der Waals surface area contributed by atoms with Gasteiger partial charge in [0.15, 0.2) is 0 Å². The van der Waals surface area contributed by atoms with E-state index in [1.54, 1.807) is 12.3 Å². The smallest absolute Gasteiger partial charge is 0.133 e. The zero-order chi connectivity index (χ0) is 10.7. The van der Waals surface area contributed by atoms with E-state index in [2.05, 4.69) is 15.5 Å². The third-order valence-corrected chi connectivity index (χ3v) is 1.94. The SMILES string of the molecule is Cc1cc(CNc2ccc(N)nc2)no1. The first-order valence-electron chi connectivity index (χ1n) is 4.61. The summed E-state index contributed by atoms with van der Waals surface area (Å²) in [7, 11) is 0. The van der Waals surface area contributed by atoms with Crippen molar-refractivity contribution in [2.75, 3.05) is 11.1 Å². The number of hydrogen-bond acceptors (Lipinski definition) is 5. The van der Waals surface area contributed by atoms with Gasteiger partial charge in [-0.3, -0.25) is 0 Å². The summed E-state index contributed by atoms with van der Waals surface area (Å²) in [6.07, 6.45) is 1.68. The highest BCUT2D eigenvalue weighted by Crippen LogP contribution is 2.09. The first-order valence-corrected chi connectivity index (χ1v) is 4.61. The Kier molecular flexibility index (Phi) is 2.53. The highest BCUT2D eigenvalue weighted by atomic mass is 16.5. The second kappa shape index (κ2) is 4.00. The van der Waals surface area contributed by atoms with Crippen LogP contribution in [-0.4, -0.2) is 10.1 Å². The van der Waals surface area contributed by atoms with E-state index in [-0.39, 0.29) is 0 Å². The number of nitrogens with two attached hydrogens (primary N) is 1. The summed E-state index contributed by atoms with van der Waals surface area (Å²) in [5.41, 5.74) is 7.24. The van der Waals surface area contributed by atoms with Crippen LogP contribution in [0, 0.1) is 6.92 Å². The highest BCUT2D eigenvalue weighted by molar-refractivity contribution is 5.45. The molecular formula is C10H12N4O. The molecule has 2 aromatic rings. The summed E-state index contributed by atoms with van der Waals surface area (Å²) in [4.78, 5) is 3.97. The normalized spacial score (nSPS) is 10.2. The molecule has 5 heteroatoms. The fraction of sp³-hybridized carbons (Fsp3) is 0.200. The van der Waals surface area contributed by atoms with Crippen LogP contribution in [0.2, 0.25) is 0 Å². The number of aromatic nitrogens is 2. The van der Waals surface area contributed by atoms with Crippen LogP contribution in [0.3, 0.4) is 0 Å². The van der Waals surface area contributed by atoms with Gasteiger partial charge in [0.2, 0.25) is 0 Å². The maximum Gasteiger partial charge on any atom is 0.133 e. The molecule has 0 fully saturated rings. The minimum Gasteiger partial charge on any atom is -0.384 e. The lowest BCUT2D eigenvalue weighted by Gasteiger charge is -2.02. The number of hydrogen-bond donors (Lipinski definition) is 2. The molecule has 0 saturated carbocycles. The largest absolute Gasteiger partial charge is 0.384 e.